The lowest BCUT2D eigenvalue weighted by Gasteiger charge is -2.33. The van der Waals surface area contributed by atoms with Gasteiger partial charge in [0.05, 0.1) is 6.10 Å². The van der Waals surface area contributed by atoms with Crippen molar-refractivity contribution in [3.63, 3.8) is 0 Å². The first kappa shape index (κ1) is 12.3. The van der Waals surface area contributed by atoms with E-state index in [9.17, 15) is 0 Å². The maximum absolute atomic E-state index is 5.70. The van der Waals surface area contributed by atoms with Crippen molar-refractivity contribution in [1.29, 1.82) is 0 Å². The summed E-state index contributed by atoms with van der Waals surface area (Å²) in [6, 6.07) is 0. The van der Waals surface area contributed by atoms with Crippen LogP contribution >= 0.6 is 0 Å². The first-order valence-corrected chi connectivity index (χ1v) is 6.20. The third kappa shape index (κ3) is 2.92. The highest BCUT2D eigenvalue weighted by atomic mass is 16.5. The Kier molecular flexibility index (Phi) is 4.28. The molecule has 17 heavy (non-hydrogen) atoms. The van der Waals surface area contributed by atoms with Gasteiger partial charge in [0, 0.05) is 38.0 Å². The number of hydrogen-bond acceptors (Lipinski definition) is 5. The van der Waals surface area contributed by atoms with Crippen molar-refractivity contribution in [2.24, 2.45) is 5.73 Å². The van der Waals surface area contributed by atoms with E-state index < -0.39 is 0 Å². The van der Waals surface area contributed by atoms with Crippen LogP contribution in [0.15, 0.2) is 12.5 Å². The van der Waals surface area contributed by atoms with Crippen LogP contribution in [0.2, 0.25) is 0 Å². The molecular weight excluding hydrogens is 216 g/mol. The van der Waals surface area contributed by atoms with Gasteiger partial charge in [-0.2, -0.15) is 0 Å². The van der Waals surface area contributed by atoms with Crippen LogP contribution in [-0.2, 0) is 11.3 Å². The van der Waals surface area contributed by atoms with E-state index in [1.165, 1.54) is 0 Å². The molecule has 1 saturated heterocycles. The van der Waals surface area contributed by atoms with Crippen LogP contribution in [-0.4, -0.2) is 35.8 Å². The Morgan fingerprint density at radius 1 is 1.47 bits per heavy atom. The van der Waals surface area contributed by atoms with Crippen molar-refractivity contribution >= 4 is 5.82 Å². The van der Waals surface area contributed by atoms with Crippen LogP contribution in [0.5, 0.6) is 0 Å². The van der Waals surface area contributed by atoms with Crippen LogP contribution in [0, 0.1) is 0 Å². The SMILES string of the molecule is CCOC1CCN(c2ncncc2CN)CC1. The summed E-state index contributed by atoms with van der Waals surface area (Å²) in [7, 11) is 0. The fourth-order valence-electron chi connectivity index (χ4n) is 2.25. The second-order valence-electron chi connectivity index (χ2n) is 4.22. The van der Waals surface area contributed by atoms with Crippen LogP contribution in [0.1, 0.15) is 25.3 Å². The smallest absolute Gasteiger partial charge is 0.136 e. The molecule has 0 aliphatic carbocycles. The van der Waals surface area contributed by atoms with Gasteiger partial charge in [0.25, 0.3) is 0 Å². The normalized spacial score (nSPS) is 17.4. The topological polar surface area (TPSA) is 64.3 Å². The fourth-order valence-corrected chi connectivity index (χ4v) is 2.25. The maximum Gasteiger partial charge on any atom is 0.136 e. The summed E-state index contributed by atoms with van der Waals surface area (Å²) in [6.45, 7) is 5.29. The van der Waals surface area contributed by atoms with E-state index in [1.54, 1.807) is 12.5 Å². The Balaban J connectivity index is 2.00. The molecule has 0 spiro atoms. The average Bonchev–Trinajstić information content (AvgIpc) is 2.40. The minimum atomic E-state index is 0.402. The molecule has 0 atom stereocenters. The molecule has 1 aliphatic heterocycles. The second-order valence-corrected chi connectivity index (χ2v) is 4.22. The highest BCUT2D eigenvalue weighted by molar-refractivity contribution is 5.45. The number of hydrogen-bond donors (Lipinski definition) is 1. The molecule has 1 aliphatic rings. The number of anilines is 1. The number of piperidine rings is 1. The monoisotopic (exact) mass is 236 g/mol. The molecule has 5 heteroatoms. The fraction of sp³-hybridized carbons (Fsp3) is 0.667. The molecule has 0 amide bonds. The lowest BCUT2D eigenvalue weighted by Crippen LogP contribution is -2.38. The molecule has 1 aromatic heterocycles. The molecule has 1 aromatic rings. The Hall–Kier alpha value is -1.20. The van der Waals surface area contributed by atoms with Gasteiger partial charge in [-0.05, 0) is 19.8 Å². The lowest BCUT2D eigenvalue weighted by molar-refractivity contribution is 0.0458. The third-order valence-corrected chi connectivity index (χ3v) is 3.13. The zero-order chi connectivity index (χ0) is 12.1. The number of nitrogens with zero attached hydrogens (tertiary/aromatic N) is 3. The van der Waals surface area contributed by atoms with Crippen LogP contribution in [0.3, 0.4) is 0 Å². The molecule has 0 saturated carbocycles. The van der Waals surface area contributed by atoms with Gasteiger partial charge in [-0.3, -0.25) is 0 Å². The molecule has 2 rings (SSSR count). The van der Waals surface area contributed by atoms with Crippen molar-refractivity contribution in [2.45, 2.75) is 32.4 Å². The Morgan fingerprint density at radius 2 is 2.24 bits per heavy atom. The van der Waals surface area contributed by atoms with E-state index in [-0.39, 0.29) is 0 Å². The number of aromatic nitrogens is 2. The zero-order valence-corrected chi connectivity index (χ0v) is 10.3. The summed E-state index contributed by atoms with van der Waals surface area (Å²) in [5.41, 5.74) is 6.72. The highest BCUT2D eigenvalue weighted by Gasteiger charge is 2.21. The first-order valence-electron chi connectivity index (χ1n) is 6.20. The standard InChI is InChI=1S/C12H20N4O/c1-2-17-11-3-5-16(6-4-11)12-10(7-13)8-14-9-15-12/h8-9,11H,2-7,13H2,1H3. The van der Waals surface area contributed by atoms with Crippen LogP contribution in [0.4, 0.5) is 5.82 Å². The van der Waals surface area contributed by atoms with E-state index >= 15 is 0 Å². The summed E-state index contributed by atoms with van der Waals surface area (Å²) >= 11 is 0. The Labute approximate surface area is 102 Å². The largest absolute Gasteiger partial charge is 0.378 e. The molecule has 2 N–H and O–H groups in total. The Morgan fingerprint density at radius 3 is 2.88 bits per heavy atom. The van der Waals surface area contributed by atoms with E-state index in [0.717, 1.165) is 43.9 Å². The molecule has 0 radical (unpaired) electrons. The minimum absolute atomic E-state index is 0.402. The number of ether oxygens (including phenoxy) is 1. The van der Waals surface area contributed by atoms with Crippen molar-refractivity contribution in [1.82, 2.24) is 9.97 Å². The van der Waals surface area contributed by atoms with Crippen molar-refractivity contribution in [2.75, 3.05) is 24.6 Å². The molecule has 94 valence electrons. The summed E-state index contributed by atoms with van der Waals surface area (Å²) in [5.74, 6) is 0.984. The summed E-state index contributed by atoms with van der Waals surface area (Å²) in [4.78, 5) is 10.6. The maximum atomic E-state index is 5.70. The van der Waals surface area contributed by atoms with Crippen molar-refractivity contribution < 1.29 is 4.74 Å². The minimum Gasteiger partial charge on any atom is -0.378 e. The Bertz CT molecular complexity index is 350. The lowest BCUT2D eigenvalue weighted by atomic mass is 10.1. The van der Waals surface area contributed by atoms with E-state index in [2.05, 4.69) is 14.9 Å². The van der Waals surface area contributed by atoms with Crippen LogP contribution in [0.25, 0.3) is 0 Å². The van der Waals surface area contributed by atoms with Gasteiger partial charge in [-0.25, -0.2) is 9.97 Å². The quantitative estimate of drug-likeness (QED) is 0.843. The molecule has 5 nitrogen and oxygen atoms in total. The van der Waals surface area contributed by atoms with E-state index in [0.29, 0.717) is 12.6 Å². The average molecular weight is 236 g/mol. The number of rotatable bonds is 4. The van der Waals surface area contributed by atoms with E-state index in [4.69, 9.17) is 10.5 Å². The van der Waals surface area contributed by atoms with Gasteiger partial charge >= 0.3 is 0 Å². The van der Waals surface area contributed by atoms with Gasteiger partial charge < -0.3 is 15.4 Å². The molecule has 0 aromatic carbocycles. The molecule has 2 heterocycles. The predicted octanol–water partition coefficient (Wildman–Crippen LogP) is 0.941. The molecule has 1 fully saturated rings. The summed E-state index contributed by atoms with van der Waals surface area (Å²) in [6.07, 6.45) is 5.91. The van der Waals surface area contributed by atoms with Crippen LogP contribution < -0.4 is 10.6 Å². The van der Waals surface area contributed by atoms with Crippen molar-refractivity contribution in [3.8, 4) is 0 Å². The highest BCUT2D eigenvalue weighted by Crippen LogP contribution is 2.21. The van der Waals surface area contributed by atoms with Crippen molar-refractivity contribution in [3.05, 3.63) is 18.1 Å². The summed E-state index contributed by atoms with van der Waals surface area (Å²) < 4.78 is 5.64. The van der Waals surface area contributed by atoms with Gasteiger partial charge in [-0.15, -0.1) is 0 Å². The number of nitrogens with two attached hydrogens (primary N) is 1. The second kappa shape index (κ2) is 5.93. The predicted molar refractivity (Wildman–Crippen MR) is 66.8 cm³/mol. The van der Waals surface area contributed by atoms with Gasteiger partial charge in [0.1, 0.15) is 12.1 Å². The molecular formula is C12H20N4O. The zero-order valence-electron chi connectivity index (χ0n) is 10.3. The molecule has 0 bridgehead atoms. The van der Waals surface area contributed by atoms with Gasteiger partial charge in [-0.1, -0.05) is 0 Å². The third-order valence-electron chi connectivity index (χ3n) is 3.13. The van der Waals surface area contributed by atoms with Gasteiger partial charge in [0.15, 0.2) is 0 Å². The molecule has 0 unspecified atom stereocenters. The van der Waals surface area contributed by atoms with E-state index in [1.807, 2.05) is 6.92 Å². The van der Waals surface area contributed by atoms with Gasteiger partial charge in [0.2, 0.25) is 0 Å². The first-order chi connectivity index (χ1) is 8.35. The summed E-state index contributed by atoms with van der Waals surface area (Å²) in [5, 5.41) is 0.